The van der Waals surface area contributed by atoms with Gasteiger partial charge in [0.15, 0.2) is 5.69 Å². The number of ether oxygens (including phenoxy) is 1. The van der Waals surface area contributed by atoms with E-state index in [0.717, 1.165) is 17.2 Å². The number of likely N-dealkylation sites (N-methyl/N-ethyl adjacent to an activating group) is 1. The van der Waals surface area contributed by atoms with Crippen LogP contribution in [0, 0.1) is 0 Å². The number of hydrogen-bond acceptors (Lipinski definition) is 6. The van der Waals surface area contributed by atoms with Crippen LogP contribution in [0.1, 0.15) is 57.6 Å². The number of amides is 2. The van der Waals surface area contributed by atoms with E-state index < -0.39 is 27.8 Å². The van der Waals surface area contributed by atoms with E-state index >= 15 is 0 Å². The predicted molar refractivity (Wildman–Crippen MR) is 130 cm³/mol. The molecule has 34 heavy (non-hydrogen) atoms. The highest BCUT2D eigenvalue weighted by Crippen LogP contribution is 2.25. The fourth-order valence-corrected chi connectivity index (χ4v) is 4.52. The number of para-hydroxylation sites is 1. The van der Waals surface area contributed by atoms with E-state index in [-0.39, 0.29) is 31.1 Å². The molecule has 1 N–H and O–H groups in total. The van der Waals surface area contributed by atoms with Gasteiger partial charge in [0.25, 0.3) is 5.91 Å². The number of fused-ring (bicyclic) bond motifs is 1. The zero-order valence-corrected chi connectivity index (χ0v) is 21.7. The molecule has 2 heterocycles. The summed E-state index contributed by atoms with van der Waals surface area (Å²) in [4.78, 5) is 27.6. The van der Waals surface area contributed by atoms with Gasteiger partial charge in [-0.25, -0.2) is 17.5 Å². The molecular formula is C23H35N5O5S. The van der Waals surface area contributed by atoms with Gasteiger partial charge in [0.1, 0.15) is 5.60 Å². The average molecular weight is 494 g/mol. The third-order valence-corrected chi connectivity index (χ3v) is 7.01. The molecule has 11 heteroatoms. The van der Waals surface area contributed by atoms with E-state index in [2.05, 4.69) is 10.4 Å². The second-order valence-electron chi connectivity index (χ2n) is 10.1. The summed E-state index contributed by atoms with van der Waals surface area (Å²) >= 11 is 0. The molecule has 188 valence electrons. The quantitative estimate of drug-likeness (QED) is 0.662. The van der Waals surface area contributed by atoms with Crippen molar-refractivity contribution in [1.82, 2.24) is 24.3 Å². The number of rotatable bonds is 6. The first-order chi connectivity index (χ1) is 15.7. The maximum atomic E-state index is 13.2. The Labute approximate surface area is 201 Å². The second kappa shape index (κ2) is 9.53. The van der Waals surface area contributed by atoms with Gasteiger partial charge >= 0.3 is 6.09 Å². The van der Waals surface area contributed by atoms with Crippen LogP contribution in [-0.2, 0) is 14.8 Å². The van der Waals surface area contributed by atoms with Crippen molar-refractivity contribution in [2.24, 2.45) is 0 Å². The van der Waals surface area contributed by atoms with Gasteiger partial charge in [0.2, 0.25) is 10.0 Å². The summed E-state index contributed by atoms with van der Waals surface area (Å²) in [5, 5.41) is 8.30. The van der Waals surface area contributed by atoms with Crippen molar-refractivity contribution in [3.05, 3.63) is 30.0 Å². The highest BCUT2D eigenvalue weighted by atomic mass is 32.2. The Kier molecular flexibility index (Phi) is 7.28. The van der Waals surface area contributed by atoms with Crippen molar-refractivity contribution in [2.75, 3.05) is 26.4 Å². The first-order valence-electron chi connectivity index (χ1n) is 11.4. The van der Waals surface area contributed by atoms with Crippen molar-refractivity contribution >= 4 is 32.9 Å². The molecule has 1 fully saturated rings. The van der Waals surface area contributed by atoms with E-state index in [9.17, 15) is 18.0 Å². The number of carbonyl (C=O) groups excluding carboxylic acids is 2. The molecule has 0 saturated carbocycles. The van der Waals surface area contributed by atoms with Crippen molar-refractivity contribution in [3.8, 4) is 0 Å². The molecular weight excluding hydrogens is 458 g/mol. The molecule has 10 nitrogen and oxygen atoms in total. The first kappa shape index (κ1) is 26.0. The molecule has 0 aliphatic carbocycles. The summed E-state index contributed by atoms with van der Waals surface area (Å²) in [7, 11) is -1.96. The molecule has 0 radical (unpaired) electrons. The first-order valence-corrected chi connectivity index (χ1v) is 13.2. The van der Waals surface area contributed by atoms with Gasteiger partial charge in [-0.3, -0.25) is 9.48 Å². The molecule has 1 aliphatic heterocycles. The molecule has 2 atom stereocenters. The van der Waals surface area contributed by atoms with Crippen LogP contribution < -0.4 is 5.32 Å². The van der Waals surface area contributed by atoms with Crippen LogP contribution in [0.15, 0.2) is 24.3 Å². The monoisotopic (exact) mass is 493 g/mol. The largest absolute Gasteiger partial charge is 0.444 e. The fraction of sp³-hybridized carbons (Fsp3) is 0.609. The van der Waals surface area contributed by atoms with Crippen LogP contribution in [-0.4, -0.2) is 83.5 Å². The van der Waals surface area contributed by atoms with E-state index in [1.807, 2.05) is 42.8 Å². The highest BCUT2D eigenvalue weighted by Gasteiger charge is 2.40. The molecule has 1 aromatic carbocycles. The molecule has 0 spiro atoms. The minimum Gasteiger partial charge on any atom is -0.444 e. The van der Waals surface area contributed by atoms with Crippen molar-refractivity contribution in [3.63, 3.8) is 0 Å². The molecule has 0 bridgehead atoms. The number of carbonyl (C=O) groups is 2. The van der Waals surface area contributed by atoms with E-state index in [0.29, 0.717) is 12.1 Å². The average Bonchev–Trinajstić information content (AvgIpc) is 3.27. The summed E-state index contributed by atoms with van der Waals surface area (Å²) in [5.74, 6) is -0.332. The SMILES string of the molecule is CC(C)n1nc(C(=O)N[C@H]2C[C@@H](CN(C)S(C)(=O)=O)N(C(=O)OC(C)(C)C)C2)c2ccccc21. The predicted octanol–water partition coefficient (Wildman–Crippen LogP) is 2.62. The Morgan fingerprint density at radius 1 is 1.26 bits per heavy atom. The summed E-state index contributed by atoms with van der Waals surface area (Å²) in [6.07, 6.45) is 0.980. The number of nitrogens with one attached hydrogen (secondary N) is 1. The van der Waals surface area contributed by atoms with Gasteiger partial charge in [-0.05, 0) is 47.1 Å². The number of sulfonamides is 1. The Morgan fingerprint density at radius 2 is 1.91 bits per heavy atom. The van der Waals surface area contributed by atoms with Crippen molar-refractivity contribution in [2.45, 2.75) is 64.8 Å². The highest BCUT2D eigenvalue weighted by molar-refractivity contribution is 7.88. The molecule has 2 aromatic rings. The Bertz CT molecular complexity index is 1170. The number of nitrogens with zero attached hydrogens (tertiary/aromatic N) is 4. The van der Waals surface area contributed by atoms with Gasteiger partial charge < -0.3 is 15.0 Å². The smallest absolute Gasteiger partial charge is 0.410 e. The number of hydrogen-bond donors (Lipinski definition) is 1. The van der Waals surface area contributed by atoms with Gasteiger partial charge in [-0.15, -0.1) is 0 Å². The lowest BCUT2D eigenvalue weighted by Crippen LogP contribution is -2.45. The lowest BCUT2D eigenvalue weighted by Gasteiger charge is -2.30. The molecule has 1 aromatic heterocycles. The lowest BCUT2D eigenvalue weighted by atomic mass is 10.1. The Hall–Kier alpha value is -2.66. The van der Waals surface area contributed by atoms with E-state index in [1.54, 1.807) is 20.8 Å². The van der Waals surface area contributed by atoms with Crippen LogP contribution in [0.5, 0.6) is 0 Å². The molecule has 3 rings (SSSR count). The normalized spacial score (nSPS) is 19.3. The Morgan fingerprint density at radius 3 is 2.50 bits per heavy atom. The van der Waals surface area contributed by atoms with Crippen LogP contribution in [0.25, 0.3) is 10.9 Å². The number of likely N-dealkylation sites (tertiary alicyclic amines) is 1. The van der Waals surface area contributed by atoms with Crippen molar-refractivity contribution in [1.29, 1.82) is 0 Å². The maximum Gasteiger partial charge on any atom is 0.410 e. The minimum atomic E-state index is -3.43. The zero-order chi connectivity index (χ0) is 25.4. The van der Waals surface area contributed by atoms with Gasteiger partial charge in [0.05, 0.1) is 17.8 Å². The number of benzene rings is 1. The minimum absolute atomic E-state index is 0.0801. The molecule has 2 amide bonds. The van der Waals surface area contributed by atoms with Crippen LogP contribution in [0.3, 0.4) is 0 Å². The van der Waals surface area contributed by atoms with Gasteiger partial charge in [-0.1, -0.05) is 18.2 Å². The molecule has 0 unspecified atom stereocenters. The van der Waals surface area contributed by atoms with Crippen molar-refractivity contribution < 1.29 is 22.7 Å². The third-order valence-electron chi connectivity index (χ3n) is 5.73. The van der Waals surface area contributed by atoms with E-state index in [4.69, 9.17) is 4.74 Å². The van der Waals surface area contributed by atoms with Gasteiger partial charge in [-0.2, -0.15) is 5.10 Å². The third kappa shape index (κ3) is 5.87. The maximum absolute atomic E-state index is 13.2. The van der Waals surface area contributed by atoms with Crippen LogP contribution in [0.2, 0.25) is 0 Å². The molecule has 1 aliphatic rings. The second-order valence-corrected chi connectivity index (χ2v) is 12.2. The Balaban J connectivity index is 1.82. The standard InChI is InChI=1S/C23H35N5O5S/c1-15(2)28-19-11-9-8-10-18(19)20(25-28)21(29)24-16-12-17(14-26(6)34(7,31)32)27(13-16)22(30)33-23(3,4)5/h8-11,15-17H,12-14H2,1-7H3,(H,24,29)/t16-,17-/m0/s1. The van der Waals surface area contributed by atoms with Crippen LogP contribution >= 0.6 is 0 Å². The fourth-order valence-electron chi connectivity index (χ4n) is 4.07. The number of aromatic nitrogens is 2. The van der Waals surface area contributed by atoms with Gasteiger partial charge in [0, 0.05) is 37.6 Å². The topological polar surface area (TPSA) is 114 Å². The summed E-state index contributed by atoms with van der Waals surface area (Å²) in [5.41, 5.74) is 0.496. The summed E-state index contributed by atoms with van der Waals surface area (Å²) in [6, 6.07) is 6.82. The summed E-state index contributed by atoms with van der Waals surface area (Å²) in [6.45, 7) is 9.64. The van der Waals surface area contributed by atoms with E-state index in [1.165, 1.54) is 16.3 Å². The van der Waals surface area contributed by atoms with Crippen LogP contribution in [0.4, 0.5) is 4.79 Å². The summed E-state index contributed by atoms with van der Waals surface area (Å²) < 4.78 is 32.5. The zero-order valence-electron chi connectivity index (χ0n) is 20.9. The lowest BCUT2D eigenvalue weighted by molar-refractivity contribution is 0.0213. The molecule has 1 saturated heterocycles.